The van der Waals surface area contributed by atoms with Crippen LogP contribution < -0.4 is 15.5 Å². The Balaban J connectivity index is 1.64. The van der Waals surface area contributed by atoms with Gasteiger partial charge in [-0.15, -0.1) is 0 Å². The molecule has 0 bridgehead atoms. The van der Waals surface area contributed by atoms with Crippen molar-refractivity contribution in [3.8, 4) is 0 Å². The lowest BCUT2D eigenvalue weighted by molar-refractivity contribution is 0.0773. The number of carbonyl (C=O) groups excluding carboxylic acids is 3. The van der Waals surface area contributed by atoms with Gasteiger partial charge in [-0.2, -0.15) is 0 Å². The average molecular weight is 380 g/mol. The molecule has 3 rings (SSSR count). The zero-order chi connectivity index (χ0) is 20.1. The van der Waals surface area contributed by atoms with Gasteiger partial charge in [0.25, 0.3) is 11.8 Å². The Labute approximate surface area is 164 Å². The number of hydrogen-bond acceptors (Lipinski definition) is 3. The van der Waals surface area contributed by atoms with Gasteiger partial charge in [0, 0.05) is 48.7 Å². The van der Waals surface area contributed by atoms with E-state index < -0.39 is 0 Å². The number of urea groups is 1. The highest BCUT2D eigenvalue weighted by Crippen LogP contribution is 2.18. The maximum absolute atomic E-state index is 12.5. The summed E-state index contributed by atoms with van der Waals surface area (Å²) in [5.74, 6) is -0.273. The number of amides is 4. The number of rotatable bonds is 6. The highest BCUT2D eigenvalue weighted by molar-refractivity contribution is 6.05. The van der Waals surface area contributed by atoms with E-state index in [1.807, 2.05) is 13.8 Å². The van der Waals surface area contributed by atoms with E-state index in [1.54, 1.807) is 58.3 Å². The maximum Gasteiger partial charge on any atom is 0.321 e. The topological polar surface area (TPSA) is 81.8 Å². The van der Waals surface area contributed by atoms with Crippen LogP contribution in [0.4, 0.5) is 16.2 Å². The van der Waals surface area contributed by atoms with Gasteiger partial charge < -0.3 is 15.5 Å². The third kappa shape index (κ3) is 4.14. The fourth-order valence-corrected chi connectivity index (χ4v) is 3.10. The average Bonchev–Trinajstić information content (AvgIpc) is 3.15. The lowest BCUT2D eigenvalue weighted by Crippen LogP contribution is -2.30. The lowest BCUT2D eigenvalue weighted by Gasteiger charge is -2.18. The molecule has 0 aromatic heterocycles. The van der Waals surface area contributed by atoms with Crippen LogP contribution in [0.25, 0.3) is 0 Å². The van der Waals surface area contributed by atoms with Crippen molar-refractivity contribution < 1.29 is 14.4 Å². The largest absolute Gasteiger partial charge is 0.339 e. The van der Waals surface area contributed by atoms with E-state index in [0.29, 0.717) is 43.0 Å². The first-order valence-electron chi connectivity index (χ1n) is 9.39. The van der Waals surface area contributed by atoms with Crippen molar-refractivity contribution in [3.05, 3.63) is 59.7 Å². The molecule has 2 aromatic carbocycles. The quantitative estimate of drug-likeness (QED) is 0.808. The number of carbonyl (C=O) groups is 3. The first kappa shape index (κ1) is 19.4. The van der Waals surface area contributed by atoms with Crippen LogP contribution in [0.3, 0.4) is 0 Å². The second kappa shape index (κ2) is 8.56. The summed E-state index contributed by atoms with van der Waals surface area (Å²) in [6, 6.07) is 13.6. The monoisotopic (exact) mass is 380 g/mol. The van der Waals surface area contributed by atoms with Gasteiger partial charge in [-0.25, -0.2) is 4.79 Å². The van der Waals surface area contributed by atoms with Crippen LogP contribution in [0.15, 0.2) is 48.5 Å². The molecule has 1 aliphatic rings. The number of nitrogens with one attached hydrogen (secondary N) is 2. The molecule has 0 spiro atoms. The van der Waals surface area contributed by atoms with Crippen LogP contribution in [0.2, 0.25) is 0 Å². The summed E-state index contributed by atoms with van der Waals surface area (Å²) in [7, 11) is 0. The van der Waals surface area contributed by atoms with Crippen LogP contribution in [0.5, 0.6) is 0 Å². The van der Waals surface area contributed by atoms with Gasteiger partial charge in [0.2, 0.25) is 0 Å². The van der Waals surface area contributed by atoms with Crippen molar-refractivity contribution in [3.63, 3.8) is 0 Å². The van der Waals surface area contributed by atoms with Crippen molar-refractivity contribution in [1.29, 1.82) is 0 Å². The minimum absolute atomic E-state index is 0.0237. The van der Waals surface area contributed by atoms with Gasteiger partial charge in [0.05, 0.1) is 0 Å². The molecule has 28 heavy (non-hydrogen) atoms. The number of hydrogen-bond donors (Lipinski definition) is 2. The Morgan fingerprint density at radius 3 is 2.14 bits per heavy atom. The van der Waals surface area contributed by atoms with E-state index in [2.05, 4.69) is 10.6 Å². The Morgan fingerprint density at radius 1 is 1.00 bits per heavy atom. The van der Waals surface area contributed by atoms with Crippen molar-refractivity contribution >= 4 is 29.2 Å². The molecule has 7 nitrogen and oxygen atoms in total. The van der Waals surface area contributed by atoms with Gasteiger partial charge in [-0.3, -0.25) is 14.5 Å². The van der Waals surface area contributed by atoms with Crippen LogP contribution in [-0.4, -0.2) is 48.9 Å². The third-order valence-electron chi connectivity index (χ3n) is 4.74. The smallest absolute Gasteiger partial charge is 0.321 e. The van der Waals surface area contributed by atoms with E-state index in [4.69, 9.17) is 0 Å². The molecule has 4 amide bonds. The zero-order valence-electron chi connectivity index (χ0n) is 16.1. The van der Waals surface area contributed by atoms with Crippen molar-refractivity contribution in [2.24, 2.45) is 0 Å². The van der Waals surface area contributed by atoms with E-state index >= 15 is 0 Å². The Morgan fingerprint density at radius 2 is 1.61 bits per heavy atom. The van der Waals surface area contributed by atoms with Crippen molar-refractivity contribution in [2.45, 2.75) is 13.8 Å². The first-order chi connectivity index (χ1) is 13.5. The fourth-order valence-electron chi connectivity index (χ4n) is 3.10. The summed E-state index contributed by atoms with van der Waals surface area (Å²) in [5, 5.41) is 5.57. The Bertz CT molecular complexity index is 858. The summed E-state index contributed by atoms with van der Waals surface area (Å²) in [5.41, 5.74) is 2.46. The van der Waals surface area contributed by atoms with Crippen LogP contribution in [-0.2, 0) is 0 Å². The molecule has 0 radical (unpaired) electrons. The highest BCUT2D eigenvalue weighted by atomic mass is 16.2. The van der Waals surface area contributed by atoms with Crippen molar-refractivity contribution in [2.75, 3.05) is 36.4 Å². The van der Waals surface area contributed by atoms with Gasteiger partial charge in [-0.05, 0) is 62.4 Å². The highest BCUT2D eigenvalue weighted by Gasteiger charge is 2.21. The van der Waals surface area contributed by atoms with E-state index in [-0.39, 0.29) is 17.8 Å². The van der Waals surface area contributed by atoms with Crippen LogP contribution in [0.1, 0.15) is 34.6 Å². The predicted molar refractivity (Wildman–Crippen MR) is 109 cm³/mol. The molecule has 0 atom stereocenters. The molecule has 1 fully saturated rings. The predicted octanol–water partition coefficient (Wildman–Crippen LogP) is 2.95. The standard InChI is InChI=1S/C21H24N4O3/c1-3-24(4-2)20(27)16-5-9-17(10-6-16)23-19(26)15-7-11-18(12-8-15)25-14-13-22-21(25)28/h5-12H,3-4,13-14H2,1-2H3,(H,22,28)(H,23,26). The lowest BCUT2D eigenvalue weighted by atomic mass is 10.1. The zero-order valence-corrected chi connectivity index (χ0v) is 16.1. The summed E-state index contributed by atoms with van der Waals surface area (Å²) >= 11 is 0. The van der Waals surface area contributed by atoms with E-state index in [1.165, 1.54) is 0 Å². The molecular weight excluding hydrogens is 356 g/mol. The summed E-state index contributed by atoms with van der Waals surface area (Å²) in [4.78, 5) is 39.9. The molecular formula is C21H24N4O3. The molecule has 0 saturated carbocycles. The Kier molecular flexibility index (Phi) is 5.93. The van der Waals surface area contributed by atoms with Gasteiger partial charge in [0.1, 0.15) is 0 Å². The van der Waals surface area contributed by atoms with Gasteiger partial charge in [-0.1, -0.05) is 0 Å². The molecule has 0 aliphatic carbocycles. The minimum Gasteiger partial charge on any atom is -0.339 e. The minimum atomic E-state index is -0.250. The van der Waals surface area contributed by atoms with Crippen molar-refractivity contribution in [1.82, 2.24) is 10.2 Å². The van der Waals surface area contributed by atoms with Crippen LogP contribution >= 0.6 is 0 Å². The molecule has 146 valence electrons. The second-order valence-electron chi connectivity index (χ2n) is 6.44. The normalized spacial score (nSPS) is 13.2. The molecule has 0 unspecified atom stereocenters. The van der Waals surface area contributed by atoms with Gasteiger partial charge >= 0.3 is 6.03 Å². The second-order valence-corrected chi connectivity index (χ2v) is 6.44. The summed E-state index contributed by atoms with van der Waals surface area (Å²) in [6.45, 7) is 6.43. The van der Waals surface area contributed by atoms with E-state index in [9.17, 15) is 14.4 Å². The molecule has 2 aromatic rings. The Hall–Kier alpha value is -3.35. The third-order valence-corrected chi connectivity index (χ3v) is 4.74. The first-order valence-corrected chi connectivity index (χ1v) is 9.39. The van der Waals surface area contributed by atoms with E-state index in [0.717, 1.165) is 5.69 Å². The van der Waals surface area contributed by atoms with Crippen LogP contribution in [0, 0.1) is 0 Å². The molecule has 1 saturated heterocycles. The number of nitrogens with zero attached hydrogens (tertiary/aromatic N) is 2. The molecule has 1 heterocycles. The molecule has 2 N–H and O–H groups in total. The molecule has 7 heteroatoms. The molecule has 1 aliphatic heterocycles. The van der Waals surface area contributed by atoms with Gasteiger partial charge in [0.15, 0.2) is 0 Å². The maximum atomic E-state index is 12.5. The number of anilines is 2. The number of benzene rings is 2. The summed E-state index contributed by atoms with van der Waals surface area (Å²) < 4.78 is 0. The fraction of sp³-hybridized carbons (Fsp3) is 0.286. The summed E-state index contributed by atoms with van der Waals surface area (Å²) in [6.07, 6.45) is 0. The SMILES string of the molecule is CCN(CC)C(=O)c1ccc(NC(=O)c2ccc(N3CCNC3=O)cc2)cc1.